The first-order valence-corrected chi connectivity index (χ1v) is 4.15. The van der Waals surface area contributed by atoms with Crippen LogP contribution in [-0.2, 0) is 11.3 Å². The topological polar surface area (TPSA) is 73.3 Å². The molecule has 5 nitrogen and oxygen atoms in total. The molecule has 0 aromatic carbocycles. The van der Waals surface area contributed by atoms with Crippen LogP contribution in [0, 0.1) is 0 Å². The standard InChI is InChI=1S/C8H15N3O2/c1-13-3-2-11-6-10-4-8(11)7(9)5-12/h4,6-7,12H,2-3,5,9H2,1H3. The van der Waals surface area contributed by atoms with E-state index in [0.29, 0.717) is 13.2 Å². The highest BCUT2D eigenvalue weighted by atomic mass is 16.5. The fourth-order valence-electron chi connectivity index (χ4n) is 1.11. The van der Waals surface area contributed by atoms with E-state index in [9.17, 15) is 0 Å². The van der Waals surface area contributed by atoms with Crippen molar-refractivity contribution in [3.63, 3.8) is 0 Å². The molecule has 1 aromatic rings. The number of imidazole rings is 1. The van der Waals surface area contributed by atoms with Crippen molar-refractivity contribution < 1.29 is 9.84 Å². The van der Waals surface area contributed by atoms with E-state index >= 15 is 0 Å². The minimum Gasteiger partial charge on any atom is -0.394 e. The molecule has 1 unspecified atom stereocenters. The number of nitrogens with zero attached hydrogens (tertiary/aromatic N) is 2. The molecule has 0 aliphatic heterocycles. The lowest BCUT2D eigenvalue weighted by Crippen LogP contribution is -2.19. The van der Waals surface area contributed by atoms with Gasteiger partial charge in [-0.05, 0) is 0 Å². The van der Waals surface area contributed by atoms with Crippen molar-refractivity contribution in [1.82, 2.24) is 9.55 Å². The molecule has 0 aliphatic rings. The van der Waals surface area contributed by atoms with Crippen LogP contribution in [-0.4, -0.2) is 35.0 Å². The Bertz CT molecular complexity index is 249. The molecule has 1 heterocycles. The van der Waals surface area contributed by atoms with Gasteiger partial charge < -0.3 is 20.1 Å². The van der Waals surface area contributed by atoms with Crippen LogP contribution in [0.1, 0.15) is 11.7 Å². The summed E-state index contributed by atoms with van der Waals surface area (Å²) in [7, 11) is 1.64. The Labute approximate surface area is 77.1 Å². The van der Waals surface area contributed by atoms with Gasteiger partial charge in [0.05, 0.1) is 31.3 Å². The molecule has 3 N–H and O–H groups in total. The van der Waals surface area contributed by atoms with Gasteiger partial charge in [0, 0.05) is 19.9 Å². The number of nitrogens with two attached hydrogens (primary N) is 1. The Hall–Kier alpha value is -0.910. The number of ether oxygens (including phenoxy) is 1. The van der Waals surface area contributed by atoms with Gasteiger partial charge in [-0.1, -0.05) is 0 Å². The maximum atomic E-state index is 8.86. The molecule has 74 valence electrons. The summed E-state index contributed by atoms with van der Waals surface area (Å²) in [5, 5.41) is 8.86. The van der Waals surface area contributed by atoms with Crippen LogP contribution < -0.4 is 5.73 Å². The lowest BCUT2D eigenvalue weighted by atomic mass is 10.2. The van der Waals surface area contributed by atoms with Crippen LogP contribution in [0.3, 0.4) is 0 Å². The molecule has 1 atom stereocenters. The van der Waals surface area contributed by atoms with E-state index in [1.54, 1.807) is 19.6 Å². The van der Waals surface area contributed by atoms with Crippen molar-refractivity contribution in [1.29, 1.82) is 0 Å². The van der Waals surface area contributed by atoms with Gasteiger partial charge in [0.2, 0.25) is 0 Å². The van der Waals surface area contributed by atoms with Gasteiger partial charge >= 0.3 is 0 Å². The smallest absolute Gasteiger partial charge is 0.0949 e. The van der Waals surface area contributed by atoms with E-state index in [-0.39, 0.29) is 12.6 Å². The summed E-state index contributed by atoms with van der Waals surface area (Å²) in [4.78, 5) is 3.96. The number of hydrogen-bond acceptors (Lipinski definition) is 4. The molecule has 0 aliphatic carbocycles. The molecular formula is C8H15N3O2. The first kappa shape index (κ1) is 10.2. The highest BCUT2D eigenvalue weighted by Crippen LogP contribution is 2.08. The molecular weight excluding hydrogens is 170 g/mol. The highest BCUT2D eigenvalue weighted by Gasteiger charge is 2.09. The maximum Gasteiger partial charge on any atom is 0.0949 e. The molecule has 5 heteroatoms. The molecule has 0 saturated carbocycles. The average molecular weight is 185 g/mol. The number of methoxy groups -OCH3 is 1. The van der Waals surface area contributed by atoms with Crippen molar-refractivity contribution in [2.45, 2.75) is 12.6 Å². The monoisotopic (exact) mass is 185 g/mol. The molecule has 13 heavy (non-hydrogen) atoms. The first-order valence-electron chi connectivity index (χ1n) is 4.15. The van der Waals surface area contributed by atoms with Crippen LogP contribution >= 0.6 is 0 Å². The summed E-state index contributed by atoms with van der Waals surface area (Å²) in [5.41, 5.74) is 6.49. The van der Waals surface area contributed by atoms with Gasteiger partial charge in [0.25, 0.3) is 0 Å². The van der Waals surface area contributed by atoms with Gasteiger partial charge in [-0.3, -0.25) is 0 Å². The SMILES string of the molecule is COCCn1cncc1C(N)CO. The van der Waals surface area contributed by atoms with E-state index in [0.717, 1.165) is 5.69 Å². The van der Waals surface area contributed by atoms with Crippen LogP contribution in [0.2, 0.25) is 0 Å². The predicted octanol–water partition coefficient (Wildman–Crippen LogP) is -0.478. The van der Waals surface area contributed by atoms with Gasteiger partial charge in [-0.2, -0.15) is 0 Å². The van der Waals surface area contributed by atoms with Crippen molar-refractivity contribution in [3.8, 4) is 0 Å². The third-order valence-electron chi connectivity index (χ3n) is 1.86. The first-order chi connectivity index (χ1) is 6.29. The lowest BCUT2D eigenvalue weighted by Gasteiger charge is -2.11. The van der Waals surface area contributed by atoms with Crippen molar-refractivity contribution in [2.24, 2.45) is 5.73 Å². The van der Waals surface area contributed by atoms with Gasteiger partial charge in [0.15, 0.2) is 0 Å². The predicted molar refractivity (Wildman–Crippen MR) is 48.1 cm³/mol. The number of aliphatic hydroxyl groups excluding tert-OH is 1. The van der Waals surface area contributed by atoms with Crippen molar-refractivity contribution >= 4 is 0 Å². The van der Waals surface area contributed by atoms with Gasteiger partial charge in [-0.25, -0.2) is 4.98 Å². The minimum absolute atomic E-state index is 0.0708. The van der Waals surface area contributed by atoms with E-state index in [1.807, 2.05) is 4.57 Å². The third kappa shape index (κ3) is 2.51. The van der Waals surface area contributed by atoms with Crippen LogP contribution in [0.25, 0.3) is 0 Å². The second kappa shape index (κ2) is 4.96. The largest absolute Gasteiger partial charge is 0.394 e. The summed E-state index contributed by atoms with van der Waals surface area (Å²) >= 11 is 0. The van der Waals surface area contributed by atoms with Crippen LogP contribution in [0.5, 0.6) is 0 Å². The summed E-state index contributed by atoms with van der Waals surface area (Å²) in [6.07, 6.45) is 3.35. The average Bonchev–Trinajstić information content (AvgIpc) is 2.61. The zero-order valence-corrected chi connectivity index (χ0v) is 7.68. The van der Waals surface area contributed by atoms with E-state index in [4.69, 9.17) is 15.6 Å². The Morgan fingerprint density at radius 1 is 1.77 bits per heavy atom. The molecule has 0 radical (unpaired) electrons. The quantitative estimate of drug-likeness (QED) is 0.650. The molecule has 0 spiro atoms. The van der Waals surface area contributed by atoms with Crippen molar-refractivity contribution in [2.75, 3.05) is 20.3 Å². The summed E-state index contributed by atoms with van der Waals surface area (Å²) in [5.74, 6) is 0. The second-order valence-electron chi connectivity index (χ2n) is 2.79. The number of rotatable bonds is 5. The summed E-state index contributed by atoms with van der Waals surface area (Å²) in [6.45, 7) is 1.25. The lowest BCUT2D eigenvalue weighted by molar-refractivity contribution is 0.184. The highest BCUT2D eigenvalue weighted by molar-refractivity contribution is 5.04. The zero-order valence-electron chi connectivity index (χ0n) is 7.68. The van der Waals surface area contributed by atoms with Gasteiger partial charge in [0.1, 0.15) is 0 Å². The molecule has 1 aromatic heterocycles. The van der Waals surface area contributed by atoms with E-state index < -0.39 is 0 Å². The normalized spacial score (nSPS) is 13.2. The van der Waals surface area contributed by atoms with E-state index in [1.165, 1.54) is 0 Å². The Balaban J connectivity index is 2.65. The molecule has 1 rings (SSSR count). The van der Waals surface area contributed by atoms with E-state index in [2.05, 4.69) is 4.98 Å². The molecule has 0 bridgehead atoms. The fraction of sp³-hybridized carbons (Fsp3) is 0.625. The molecule has 0 amide bonds. The zero-order chi connectivity index (χ0) is 9.68. The fourth-order valence-corrected chi connectivity index (χ4v) is 1.11. The Kier molecular flexibility index (Phi) is 3.88. The summed E-state index contributed by atoms with van der Waals surface area (Å²) in [6, 6.07) is -0.362. The maximum absolute atomic E-state index is 8.86. The Morgan fingerprint density at radius 3 is 3.15 bits per heavy atom. The number of aliphatic hydroxyl groups is 1. The van der Waals surface area contributed by atoms with Crippen LogP contribution in [0.4, 0.5) is 0 Å². The van der Waals surface area contributed by atoms with Crippen molar-refractivity contribution in [3.05, 3.63) is 18.2 Å². The minimum atomic E-state index is -0.362. The molecule has 0 fully saturated rings. The second-order valence-corrected chi connectivity index (χ2v) is 2.79. The molecule has 0 saturated heterocycles. The number of aromatic nitrogens is 2. The third-order valence-corrected chi connectivity index (χ3v) is 1.86. The summed E-state index contributed by atoms with van der Waals surface area (Å²) < 4.78 is 6.81. The Morgan fingerprint density at radius 2 is 2.54 bits per heavy atom. The van der Waals surface area contributed by atoms with Gasteiger partial charge in [-0.15, -0.1) is 0 Å². The number of hydrogen-bond donors (Lipinski definition) is 2. The van der Waals surface area contributed by atoms with Crippen LogP contribution in [0.15, 0.2) is 12.5 Å².